The van der Waals surface area contributed by atoms with Crippen molar-refractivity contribution in [1.82, 2.24) is 14.9 Å². The van der Waals surface area contributed by atoms with Gasteiger partial charge in [0.05, 0.1) is 17.1 Å². The number of fused-ring (bicyclic) bond motifs is 1. The molecule has 2 aliphatic rings. The second-order valence-electron chi connectivity index (χ2n) is 7.85. The molecule has 0 aliphatic carbocycles. The summed E-state index contributed by atoms with van der Waals surface area (Å²) < 4.78 is 0. The van der Waals surface area contributed by atoms with Crippen molar-refractivity contribution < 1.29 is 9.59 Å². The first kappa shape index (κ1) is 17.9. The van der Waals surface area contributed by atoms with Gasteiger partial charge in [-0.2, -0.15) is 0 Å². The van der Waals surface area contributed by atoms with Crippen molar-refractivity contribution in [2.24, 2.45) is 0 Å². The van der Waals surface area contributed by atoms with Gasteiger partial charge in [-0.05, 0) is 62.1 Å². The monoisotopic (exact) mass is 388 g/mol. The Morgan fingerprint density at radius 2 is 1.83 bits per heavy atom. The molecular weight excluding hydrogens is 364 g/mol. The minimum atomic E-state index is -0.0294. The number of hydrogen-bond donors (Lipinski definition) is 1. The van der Waals surface area contributed by atoms with Gasteiger partial charge in [0.1, 0.15) is 5.82 Å². The maximum atomic E-state index is 13.2. The number of anilines is 1. The zero-order valence-electron chi connectivity index (χ0n) is 16.3. The van der Waals surface area contributed by atoms with Gasteiger partial charge in [0.2, 0.25) is 5.91 Å². The molecule has 2 fully saturated rings. The molecule has 2 aromatic carbocycles. The average molecular weight is 388 g/mol. The molecule has 1 N–H and O–H groups in total. The van der Waals surface area contributed by atoms with Crippen LogP contribution in [0.15, 0.2) is 48.5 Å². The first-order chi connectivity index (χ1) is 14.2. The van der Waals surface area contributed by atoms with Gasteiger partial charge in [0.15, 0.2) is 0 Å². The van der Waals surface area contributed by atoms with Crippen LogP contribution >= 0.6 is 0 Å². The van der Waals surface area contributed by atoms with Crippen LogP contribution in [0.2, 0.25) is 0 Å². The van der Waals surface area contributed by atoms with Gasteiger partial charge in [0, 0.05) is 30.8 Å². The molecule has 2 amide bonds. The molecule has 2 aliphatic heterocycles. The lowest BCUT2D eigenvalue weighted by molar-refractivity contribution is -0.119. The minimum absolute atomic E-state index is 0.0180. The maximum Gasteiger partial charge on any atom is 0.254 e. The fourth-order valence-electron chi connectivity index (χ4n) is 4.45. The number of amides is 2. The van der Waals surface area contributed by atoms with Gasteiger partial charge in [-0.25, -0.2) is 4.98 Å². The molecule has 3 aromatic rings. The van der Waals surface area contributed by atoms with Crippen molar-refractivity contribution in [2.45, 2.75) is 38.1 Å². The molecule has 29 heavy (non-hydrogen) atoms. The van der Waals surface area contributed by atoms with Crippen LogP contribution in [0.4, 0.5) is 5.69 Å². The fraction of sp³-hybridized carbons (Fsp3) is 0.348. The molecule has 0 radical (unpaired) electrons. The second kappa shape index (κ2) is 7.35. The molecule has 148 valence electrons. The van der Waals surface area contributed by atoms with Gasteiger partial charge in [-0.15, -0.1) is 0 Å². The van der Waals surface area contributed by atoms with Crippen LogP contribution in [0, 0.1) is 0 Å². The average Bonchev–Trinajstić information content (AvgIpc) is 3.40. The van der Waals surface area contributed by atoms with Gasteiger partial charge in [-0.1, -0.05) is 12.1 Å². The lowest BCUT2D eigenvalue weighted by Crippen LogP contribution is -2.35. The number of para-hydroxylation sites is 2. The number of nitrogens with zero attached hydrogens (tertiary/aromatic N) is 3. The molecule has 1 aromatic heterocycles. The summed E-state index contributed by atoms with van der Waals surface area (Å²) in [4.78, 5) is 37.2. The zero-order chi connectivity index (χ0) is 19.8. The van der Waals surface area contributed by atoms with Crippen molar-refractivity contribution >= 4 is 28.5 Å². The number of benzene rings is 2. The van der Waals surface area contributed by atoms with Crippen LogP contribution in [0.1, 0.15) is 54.3 Å². The Morgan fingerprint density at radius 3 is 2.62 bits per heavy atom. The first-order valence-electron chi connectivity index (χ1n) is 10.4. The van der Waals surface area contributed by atoms with Crippen LogP contribution in [0.5, 0.6) is 0 Å². The molecular formula is C23H24N4O2. The molecule has 0 saturated carbocycles. The summed E-state index contributed by atoms with van der Waals surface area (Å²) in [5, 5.41) is 0. The summed E-state index contributed by atoms with van der Waals surface area (Å²) in [7, 11) is 0. The third kappa shape index (κ3) is 3.28. The van der Waals surface area contributed by atoms with Crippen molar-refractivity contribution in [3.05, 3.63) is 59.9 Å². The highest BCUT2D eigenvalue weighted by atomic mass is 16.2. The van der Waals surface area contributed by atoms with E-state index >= 15 is 0 Å². The Kier molecular flexibility index (Phi) is 4.54. The Hall–Kier alpha value is -3.15. The maximum absolute atomic E-state index is 13.2. The van der Waals surface area contributed by atoms with Gasteiger partial charge >= 0.3 is 0 Å². The van der Waals surface area contributed by atoms with Crippen molar-refractivity contribution in [1.29, 1.82) is 0 Å². The smallest absolute Gasteiger partial charge is 0.254 e. The van der Waals surface area contributed by atoms with E-state index in [1.54, 1.807) is 0 Å². The van der Waals surface area contributed by atoms with E-state index < -0.39 is 0 Å². The minimum Gasteiger partial charge on any atom is -0.340 e. The highest BCUT2D eigenvalue weighted by Gasteiger charge is 2.32. The van der Waals surface area contributed by atoms with Crippen LogP contribution in [-0.4, -0.2) is 39.8 Å². The summed E-state index contributed by atoms with van der Waals surface area (Å²) in [5.41, 5.74) is 3.46. The summed E-state index contributed by atoms with van der Waals surface area (Å²) in [6, 6.07) is 15.4. The number of aromatic nitrogens is 2. The number of imidazole rings is 1. The highest BCUT2D eigenvalue weighted by molar-refractivity contribution is 5.97. The van der Waals surface area contributed by atoms with E-state index in [0.717, 1.165) is 61.3 Å². The largest absolute Gasteiger partial charge is 0.340 e. The molecule has 1 atom stereocenters. The van der Waals surface area contributed by atoms with E-state index in [9.17, 15) is 9.59 Å². The summed E-state index contributed by atoms with van der Waals surface area (Å²) >= 11 is 0. The van der Waals surface area contributed by atoms with Crippen molar-refractivity contribution in [3.63, 3.8) is 0 Å². The summed E-state index contributed by atoms with van der Waals surface area (Å²) in [6.45, 7) is 1.49. The van der Waals surface area contributed by atoms with E-state index in [1.165, 1.54) is 0 Å². The van der Waals surface area contributed by atoms with E-state index in [1.807, 2.05) is 58.3 Å². The highest BCUT2D eigenvalue weighted by Crippen LogP contribution is 2.33. The standard InChI is InChI=1S/C23H24N4O2/c28-21-9-3-4-14-26(21)17-12-10-16(11-13-17)23(29)27-15-5-8-20(27)22-24-18-6-1-2-7-19(18)25-22/h1-2,6-7,10-13,20H,3-5,8-9,14-15H2,(H,24,25). The second-order valence-corrected chi connectivity index (χ2v) is 7.85. The topological polar surface area (TPSA) is 69.3 Å². The molecule has 6 nitrogen and oxygen atoms in total. The van der Waals surface area contributed by atoms with E-state index in [-0.39, 0.29) is 17.9 Å². The first-order valence-corrected chi connectivity index (χ1v) is 10.4. The lowest BCUT2D eigenvalue weighted by atomic mass is 10.1. The molecule has 0 bridgehead atoms. The summed E-state index contributed by atoms with van der Waals surface area (Å²) in [6.07, 6.45) is 4.47. The van der Waals surface area contributed by atoms with Crippen LogP contribution in [0.25, 0.3) is 11.0 Å². The third-order valence-corrected chi connectivity index (χ3v) is 5.99. The third-order valence-electron chi connectivity index (χ3n) is 5.99. The van der Waals surface area contributed by atoms with E-state index in [4.69, 9.17) is 4.98 Å². The predicted octanol–water partition coefficient (Wildman–Crippen LogP) is 4.06. The number of likely N-dealkylation sites (tertiary alicyclic amines) is 1. The Labute approximate surface area is 169 Å². The Bertz CT molecular complexity index is 1020. The van der Waals surface area contributed by atoms with Crippen LogP contribution in [-0.2, 0) is 4.79 Å². The quantitative estimate of drug-likeness (QED) is 0.736. The van der Waals surface area contributed by atoms with E-state index in [0.29, 0.717) is 12.0 Å². The van der Waals surface area contributed by atoms with Gasteiger partial charge in [-0.3, -0.25) is 9.59 Å². The van der Waals surface area contributed by atoms with Gasteiger partial charge in [0.25, 0.3) is 5.91 Å². The Balaban J connectivity index is 1.37. The zero-order valence-corrected chi connectivity index (χ0v) is 16.3. The number of nitrogens with one attached hydrogen (secondary N) is 1. The number of carbonyl (C=O) groups is 2. The molecule has 1 unspecified atom stereocenters. The van der Waals surface area contributed by atoms with Crippen LogP contribution < -0.4 is 4.90 Å². The molecule has 2 saturated heterocycles. The molecule has 5 rings (SSSR count). The van der Waals surface area contributed by atoms with Crippen LogP contribution in [0.3, 0.4) is 0 Å². The van der Waals surface area contributed by atoms with E-state index in [2.05, 4.69) is 4.98 Å². The Morgan fingerprint density at radius 1 is 1.00 bits per heavy atom. The number of hydrogen-bond acceptors (Lipinski definition) is 3. The summed E-state index contributed by atoms with van der Waals surface area (Å²) in [5.74, 6) is 1.04. The predicted molar refractivity (Wildman–Crippen MR) is 112 cm³/mol. The number of piperidine rings is 1. The number of aromatic amines is 1. The van der Waals surface area contributed by atoms with Crippen molar-refractivity contribution in [3.8, 4) is 0 Å². The SMILES string of the molecule is O=C1CCCCN1c1ccc(C(=O)N2CCCC2c2nc3ccccc3[nH]2)cc1. The fourth-order valence-corrected chi connectivity index (χ4v) is 4.45. The molecule has 0 spiro atoms. The number of rotatable bonds is 3. The van der Waals surface area contributed by atoms with Crippen molar-refractivity contribution in [2.75, 3.05) is 18.0 Å². The normalized spacial score (nSPS) is 19.9. The number of H-pyrrole nitrogens is 1. The molecule has 6 heteroatoms. The number of carbonyl (C=O) groups excluding carboxylic acids is 2. The molecule has 3 heterocycles. The van der Waals surface area contributed by atoms with Gasteiger partial charge < -0.3 is 14.8 Å². The lowest BCUT2D eigenvalue weighted by Gasteiger charge is -2.27.